The number of nitrogens with zero attached hydrogens (tertiary/aromatic N) is 2. The molecular formula is C8H13N3O2S2. The first-order valence-corrected chi connectivity index (χ1v) is 7.43. The van der Waals surface area contributed by atoms with Crippen molar-refractivity contribution < 1.29 is 8.42 Å². The molecule has 1 N–H and O–H groups in total. The number of anilines is 1. The molecule has 15 heavy (non-hydrogen) atoms. The topological polar surface area (TPSA) is 62.3 Å². The van der Waals surface area contributed by atoms with Crippen molar-refractivity contribution in [2.24, 2.45) is 0 Å². The van der Waals surface area contributed by atoms with E-state index in [1.165, 1.54) is 6.26 Å². The summed E-state index contributed by atoms with van der Waals surface area (Å²) in [5.41, 5.74) is 0. The Morgan fingerprint density at radius 3 is 3.07 bits per heavy atom. The summed E-state index contributed by atoms with van der Waals surface area (Å²) < 4.78 is 24.7. The third-order valence-corrected chi connectivity index (χ3v) is 3.85. The molecule has 0 bridgehead atoms. The van der Waals surface area contributed by atoms with Crippen LogP contribution in [0.5, 0.6) is 0 Å². The van der Waals surface area contributed by atoms with E-state index in [2.05, 4.69) is 14.6 Å². The summed E-state index contributed by atoms with van der Waals surface area (Å²) in [4.78, 5) is 6.30. The van der Waals surface area contributed by atoms with Gasteiger partial charge in [0.05, 0.1) is 6.26 Å². The van der Waals surface area contributed by atoms with Gasteiger partial charge < -0.3 is 4.90 Å². The van der Waals surface area contributed by atoms with E-state index in [4.69, 9.17) is 0 Å². The smallest absolute Gasteiger partial charge is 0.209 e. The van der Waals surface area contributed by atoms with E-state index >= 15 is 0 Å². The molecule has 2 heterocycles. The van der Waals surface area contributed by atoms with Crippen LogP contribution < -0.4 is 9.62 Å². The molecular weight excluding hydrogens is 234 g/mol. The van der Waals surface area contributed by atoms with Gasteiger partial charge in [-0.1, -0.05) is 0 Å². The summed E-state index contributed by atoms with van der Waals surface area (Å²) in [6.07, 6.45) is 3.79. The number of nitrogens with one attached hydrogen (secondary N) is 1. The first-order chi connectivity index (χ1) is 7.04. The summed E-state index contributed by atoms with van der Waals surface area (Å²) in [5, 5.41) is 2.89. The maximum Gasteiger partial charge on any atom is 0.209 e. The first-order valence-electron chi connectivity index (χ1n) is 4.66. The third kappa shape index (κ3) is 2.90. The van der Waals surface area contributed by atoms with E-state index < -0.39 is 10.0 Å². The summed E-state index contributed by atoms with van der Waals surface area (Å²) in [6.45, 7) is 1.57. The molecule has 0 amide bonds. The van der Waals surface area contributed by atoms with Gasteiger partial charge in [-0.25, -0.2) is 18.1 Å². The second-order valence-electron chi connectivity index (χ2n) is 3.64. The van der Waals surface area contributed by atoms with Crippen molar-refractivity contribution in [1.82, 2.24) is 9.71 Å². The molecule has 1 fully saturated rings. The van der Waals surface area contributed by atoms with E-state index in [1.807, 2.05) is 5.38 Å². The summed E-state index contributed by atoms with van der Waals surface area (Å²) in [7, 11) is -3.09. The van der Waals surface area contributed by atoms with Crippen LogP contribution in [0, 0.1) is 0 Å². The molecule has 2 rings (SSSR count). The van der Waals surface area contributed by atoms with E-state index in [9.17, 15) is 8.42 Å². The van der Waals surface area contributed by atoms with Gasteiger partial charge in [0.15, 0.2) is 5.13 Å². The van der Waals surface area contributed by atoms with Crippen molar-refractivity contribution in [3.05, 3.63) is 11.6 Å². The largest absolute Gasteiger partial charge is 0.346 e. The van der Waals surface area contributed by atoms with Crippen LogP contribution >= 0.6 is 11.3 Å². The second kappa shape index (κ2) is 4.07. The van der Waals surface area contributed by atoms with Gasteiger partial charge in [-0.3, -0.25) is 0 Å². The molecule has 1 saturated heterocycles. The SMILES string of the molecule is CS(=O)(=O)NC1CCN(c2nccs2)C1. The average Bonchev–Trinajstić information content (AvgIpc) is 2.68. The Balaban J connectivity index is 1.96. The van der Waals surface area contributed by atoms with Crippen LogP contribution in [0.15, 0.2) is 11.6 Å². The maximum absolute atomic E-state index is 11.0. The molecule has 1 aromatic heterocycles. The van der Waals surface area contributed by atoms with Crippen LogP contribution in [-0.2, 0) is 10.0 Å². The number of hydrogen-bond acceptors (Lipinski definition) is 5. The van der Waals surface area contributed by atoms with E-state index in [0.717, 1.165) is 18.1 Å². The van der Waals surface area contributed by atoms with Crippen molar-refractivity contribution >= 4 is 26.5 Å². The van der Waals surface area contributed by atoms with Crippen LogP contribution in [0.1, 0.15) is 6.42 Å². The standard InChI is InChI=1S/C8H13N3O2S2/c1-15(12,13)10-7-2-4-11(6-7)8-9-3-5-14-8/h3,5,7,10H,2,4,6H2,1H3. The molecule has 1 unspecified atom stereocenters. The molecule has 5 nitrogen and oxygen atoms in total. The van der Waals surface area contributed by atoms with Gasteiger partial charge in [0.25, 0.3) is 0 Å². The van der Waals surface area contributed by atoms with Crippen molar-refractivity contribution in [2.75, 3.05) is 24.2 Å². The highest BCUT2D eigenvalue weighted by molar-refractivity contribution is 7.88. The number of thiazole rings is 1. The Labute approximate surface area is 93.2 Å². The Bertz CT molecular complexity index is 415. The monoisotopic (exact) mass is 247 g/mol. The van der Waals surface area contributed by atoms with E-state index in [0.29, 0.717) is 6.54 Å². The number of sulfonamides is 1. The predicted molar refractivity (Wildman–Crippen MR) is 60.7 cm³/mol. The molecule has 1 aliphatic rings. The van der Waals surface area contributed by atoms with Crippen LogP contribution in [0.3, 0.4) is 0 Å². The van der Waals surface area contributed by atoms with Gasteiger partial charge in [0.1, 0.15) is 0 Å². The Kier molecular flexibility index (Phi) is 2.94. The van der Waals surface area contributed by atoms with Crippen molar-refractivity contribution in [2.45, 2.75) is 12.5 Å². The summed E-state index contributed by atoms with van der Waals surface area (Å²) >= 11 is 1.58. The lowest BCUT2D eigenvalue weighted by Crippen LogP contribution is -2.36. The zero-order valence-electron chi connectivity index (χ0n) is 8.38. The first kappa shape index (κ1) is 10.8. The zero-order chi connectivity index (χ0) is 10.9. The third-order valence-electron chi connectivity index (χ3n) is 2.26. The number of hydrogen-bond donors (Lipinski definition) is 1. The summed E-state index contributed by atoms with van der Waals surface area (Å²) in [6, 6.07) is 0.0175. The lowest BCUT2D eigenvalue weighted by Gasteiger charge is -2.14. The van der Waals surface area contributed by atoms with Gasteiger partial charge in [0, 0.05) is 30.7 Å². The second-order valence-corrected chi connectivity index (χ2v) is 6.29. The molecule has 0 radical (unpaired) electrons. The molecule has 1 aromatic rings. The molecule has 0 saturated carbocycles. The number of aromatic nitrogens is 1. The van der Waals surface area contributed by atoms with Crippen molar-refractivity contribution in [3.63, 3.8) is 0 Å². The fourth-order valence-electron chi connectivity index (χ4n) is 1.71. The Morgan fingerprint density at radius 2 is 2.47 bits per heavy atom. The predicted octanol–water partition coefficient (Wildman–Crippen LogP) is 0.271. The van der Waals surface area contributed by atoms with Crippen molar-refractivity contribution in [1.29, 1.82) is 0 Å². The lowest BCUT2D eigenvalue weighted by atomic mass is 10.3. The quantitative estimate of drug-likeness (QED) is 0.833. The minimum Gasteiger partial charge on any atom is -0.346 e. The zero-order valence-corrected chi connectivity index (χ0v) is 10.0. The average molecular weight is 247 g/mol. The molecule has 7 heteroatoms. The Morgan fingerprint density at radius 1 is 1.67 bits per heavy atom. The highest BCUT2D eigenvalue weighted by atomic mass is 32.2. The minimum atomic E-state index is -3.09. The van der Waals surface area contributed by atoms with Gasteiger partial charge >= 0.3 is 0 Å². The Hall–Kier alpha value is -0.660. The van der Waals surface area contributed by atoms with Gasteiger partial charge in [-0.2, -0.15) is 0 Å². The van der Waals surface area contributed by atoms with E-state index in [1.54, 1.807) is 17.5 Å². The lowest BCUT2D eigenvalue weighted by molar-refractivity contribution is 0.567. The molecule has 0 aliphatic carbocycles. The van der Waals surface area contributed by atoms with Crippen LogP contribution in [0.4, 0.5) is 5.13 Å². The van der Waals surface area contributed by atoms with Crippen LogP contribution in [-0.4, -0.2) is 38.8 Å². The fraction of sp³-hybridized carbons (Fsp3) is 0.625. The molecule has 0 spiro atoms. The van der Waals surface area contributed by atoms with Crippen LogP contribution in [0.2, 0.25) is 0 Å². The molecule has 1 atom stereocenters. The minimum absolute atomic E-state index is 0.0175. The fourth-order valence-corrected chi connectivity index (χ4v) is 3.18. The molecule has 84 valence electrons. The van der Waals surface area contributed by atoms with Crippen molar-refractivity contribution in [3.8, 4) is 0 Å². The summed E-state index contributed by atoms with van der Waals surface area (Å²) in [5.74, 6) is 0. The molecule has 1 aliphatic heterocycles. The highest BCUT2D eigenvalue weighted by Gasteiger charge is 2.25. The molecule has 0 aromatic carbocycles. The number of rotatable bonds is 3. The van der Waals surface area contributed by atoms with Gasteiger partial charge in [0.2, 0.25) is 10.0 Å². The highest BCUT2D eigenvalue weighted by Crippen LogP contribution is 2.22. The normalized spacial score (nSPS) is 22.2. The van der Waals surface area contributed by atoms with E-state index in [-0.39, 0.29) is 6.04 Å². The van der Waals surface area contributed by atoms with Gasteiger partial charge in [-0.15, -0.1) is 11.3 Å². The van der Waals surface area contributed by atoms with Gasteiger partial charge in [-0.05, 0) is 6.42 Å². The van der Waals surface area contributed by atoms with Crippen LogP contribution in [0.25, 0.3) is 0 Å². The maximum atomic E-state index is 11.0.